The molecule has 0 amide bonds. The number of allylic oxidation sites excluding steroid dienone is 1. The van der Waals surface area contributed by atoms with E-state index in [1.54, 1.807) is 25.1 Å². The fourth-order valence-corrected chi connectivity index (χ4v) is 3.37. The molecule has 0 saturated carbocycles. The first-order valence-electron chi connectivity index (χ1n) is 8.32. The van der Waals surface area contributed by atoms with Crippen LogP contribution in [0.15, 0.2) is 59.8 Å². The molecule has 0 radical (unpaired) electrons. The molecule has 1 heterocycles. The highest BCUT2D eigenvalue weighted by atomic mass is 35.5. The number of thiocarbonyl (C=S) groups is 1. The lowest BCUT2D eigenvalue weighted by atomic mass is 9.95. The lowest BCUT2D eigenvalue weighted by molar-refractivity contribution is -0.136. The standard InChI is InChI=1S/C20H19ClN2O3S/c1-12-17(19(24)25-2)18(23-20(27)22-12)15-10-14(21)8-9-16(15)26-11-13-6-4-3-5-7-13/h3-10,18H,11H2,1-2H3,(H2,22,23,27)/t18-/m0/s1. The summed E-state index contributed by atoms with van der Waals surface area (Å²) in [5.74, 6) is 0.161. The third-order valence-corrected chi connectivity index (χ3v) is 4.65. The molecule has 7 heteroatoms. The van der Waals surface area contributed by atoms with Crippen molar-refractivity contribution in [1.29, 1.82) is 0 Å². The molecule has 1 aliphatic rings. The SMILES string of the molecule is COC(=O)C1=C(C)NC(=S)N[C@H]1c1cc(Cl)ccc1OCc1ccccc1. The second kappa shape index (κ2) is 8.41. The van der Waals surface area contributed by atoms with Gasteiger partial charge in [0.05, 0.1) is 18.7 Å². The Bertz CT molecular complexity index is 899. The Labute approximate surface area is 168 Å². The second-order valence-corrected chi connectivity index (χ2v) is 6.86. The molecule has 2 aromatic carbocycles. The van der Waals surface area contributed by atoms with Crippen LogP contribution in [0.25, 0.3) is 0 Å². The summed E-state index contributed by atoms with van der Waals surface area (Å²) < 4.78 is 11.0. The zero-order valence-electron chi connectivity index (χ0n) is 14.9. The minimum atomic E-state index is -0.532. The summed E-state index contributed by atoms with van der Waals surface area (Å²) in [7, 11) is 1.34. The second-order valence-electron chi connectivity index (χ2n) is 6.02. The molecule has 0 aliphatic carbocycles. The Balaban J connectivity index is 1.98. The molecule has 1 atom stereocenters. The zero-order chi connectivity index (χ0) is 19.4. The topological polar surface area (TPSA) is 59.6 Å². The van der Waals surface area contributed by atoms with Crippen LogP contribution >= 0.6 is 23.8 Å². The molecule has 1 aliphatic heterocycles. The Hall–Kier alpha value is -2.57. The van der Waals surface area contributed by atoms with Crippen molar-refractivity contribution in [2.75, 3.05) is 7.11 Å². The molecule has 2 aromatic rings. The van der Waals surface area contributed by atoms with Gasteiger partial charge in [0.2, 0.25) is 0 Å². The number of esters is 1. The van der Waals surface area contributed by atoms with E-state index in [0.29, 0.717) is 39.3 Å². The van der Waals surface area contributed by atoms with Gasteiger partial charge in [-0.3, -0.25) is 0 Å². The fraction of sp³-hybridized carbons (Fsp3) is 0.200. The number of halogens is 1. The lowest BCUT2D eigenvalue weighted by Crippen LogP contribution is -2.45. The molecule has 3 rings (SSSR count). The highest BCUT2D eigenvalue weighted by molar-refractivity contribution is 7.80. The van der Waals surface area contributed by atoms with Gasteiger partial charge in [0.25, 0.3) is 0 Å². The van der Waals surface area contributed by atoms with E-state index < -0.39 is 12.0 Å². The molecule has 140 valence electrons. The van der Waals surface area contributed by atoms with Crippen LogP contribution in [-0.4, -0.2) is 18.2 Å². The van der Waals surface area contributed by atoms with Crippen LogP contribution in [0, 0.1) is 0 Å². The Morgan fingerprint density at radius 2 is 1.96 bits per heavy atom. The van der Waals surface area contributed by atoms with Crippen LogP contribution in [0.2, 0.25) is 5.02 Å². The number of carbonyl (C=O) groups is 1. The van der Waals surface area contributed by atoms with Crippen molar-refractivity contribution >= 4 is 34.9 Å². The Morgan fingerprint density at radius 3 is 2.67 bits per heavy atom. The van der Waals surface area contributed by atoms with Crippen LogP contribution in [0.5, 0.6) is 5.75 Å². The van der Waals surface area contributed by atoms with Gasteiger partial charge in [-0.25, -0.2) is 4.79 Å². The molecule has 2 N–H and O–H groups in total. The molecule has 0 saturated heterocycles. The summed E-state index contributed by atoms with van der Waals surface area (Å²) in [6.07, 6.45) is 0. The largest absolute Gasteiger partial charge is 0.489 e. The Morgan fingerprint density at radius 1 is 1.22 bits per heavy atom. The van der Waals surface area contributed by atoms with E-state index in [1.807, 2.05) is 30.3 Å². The smallest absolute Gasteiger partial charge is 0.337 e. The molecule has 5 nitrogen and oxygen atoms in total. The maximum Gasteiger partial charge on any atom is 0.337 e. The average molecular weight is 403 g/mol. The van der Waals surface area contributed by atoms with Crippen molar-refractivity contribution in [2.45, 2.75) is 19.6 Å². The van der Waals surface area contributed by atoms with Gasteiger partial charge < -0.3 is 20.1 Å². The minimum absolute atomic E-state index is 0.390. The molecule has 0 fully saturated rings. The molecule has 0 aromatic heterocycles. The summed E-state index contributed by atoms with van der Waals surface area (Å²) in [5, 5.41) is 7.03. The van der Waals surface area contributed by atoms with Gasteiger partial charge in [-0.05, 0) is 42.9 Å². The summed E-state index contributed by atoms with van der Waals surface area (Å²) in [6, 6.07) is 14.6. The Kier molecular flexibility index (Phi) is 5.98. The summed E-state index contributed by atoms with van der Waals surface area (Å²) in [5.41, 5.74) is 2.80. The van der Waals surface area contributed by atoms with Gasteiger partial charge >= 0.3 is 5.97 Å². The van der Waals surface area contributed by atoms with Gasteiger partial charge in [0.15, 0.2) is 5.11 Å². The van der Waals surface area contributed by atoms with E-state index >= 15 is 0 Å². The van der Waals surface area contributed by atoms with E-state index in [-0.39, 0.29) is 0 Å². The van der Waals surface area contributed by atoms with E-state index in [0.717, 1.165) is 5.56 Å². The first-order chi connectivity index (χ1) is 13.0. The highest BCUT2D eigenvalue weighted by Gasteiger charge is 2.32. The number of nitrogens with one attached hydrogen (secondary N) is 2. The maximum absolute atomic E-state index is 12.4. The maximum atomic E-state index is 12.4. The predicted octanol–water partition coefficient (Wildman–Crippen LogP) is 3.88. The van der Waals surface area contributed by atoms with Crippen molar-refractivity contribution in [2.24, 2.45) is 0 Å². The van der Waals surface area contributed by atoms with Crippen molar-refractivity contribution in [3.63, 3.8) is 0 Å². The number of methoxy groups -OCH3 is 1. The van der Waals surface area contributed by atoms with E-state index in [1.165, 1.54) is 7.11 Å². The third kappa shape index (κ3) is 4.40. The number of rotatable bonds is 5. The van der Waals surface area contributed by atoms with Crippen molar-refractivity contribution in [3.05, 3.63) is 76.0 Å². The van der Waals surface area contributed by atoms with Gasteiger partial charge in [0.1, 0.15) is 12.4 Å². The fourth-order valence-electron chi connectivity index (χ4n) is 2.92. The number of ether oxygens (including phenoxy) is 2. The number of hydrogen-bond acceptors (Lipinski definition) is 4. The first-order valence-corrected chi connectivity index (χ1v) is 9.11. The van der Waals surface area contributed by atoms with E-state index in [2.05, 4.69) is 10.6 Å². The van der Waals surface area contributed by atoms with Crippen LogP contribution in [-0.2, 0) is 16.1 Å². The van der Waals surface area contributed by atoms with Gasteiger partial charge in [0, 0.05) is 16.3 Å². The van der Waals surface area contributed by atoms with Gasteiger partial charge in [-0.2, -0.15) is 0 Å². The summed E-state index contributed by atoms with van der Waals surface area (Å²) in [6.45, 7) is 2.17. The van der Waals surface area contributed by atoms with Crippen LogP contribution < -0.4 is 15.4 Å². The molecule has 0 unspecified atom stereocenters. The van der Waals surface area contributed by atoms with Crippen LogP contribution in [0.4, 0.5) is 0 Å². The van der Waals surface area contributed by atoms with E-state index in [4.69, 9.17) is 33.3 Å². The summed E-state index contributed by atoms with van der Waals surface area (Å²) >= 11 is 11.5. The average Bonchev–Trinajstić information content (AvgIpc) is 2.66. The molecule has 0 bridgehead atoms. The molecular weight excluding hydrogens is 384 g/mol. The number of hydrogen-bond donors (Lipinski definition) is 2. The normalized spacial score (nSPS) is 16.4. The molecular formula is C20H19ClN2O3S. The first kappa shape index (κ1) is 19.2. The summed E-state index contributed by atoms with van der Waals surface area (Å²) in [4.78, 5) is 12.4. The van der Waals surface area contributed by atoms with Gasteiger partial charge in [-0.15, -0.1) is 0 Å². The zero-order valence-corrected chi connectivity index (χ0v) is 16.5. The number of benzene rings is 2. The quantitative estimate of drug-likeness (QED) is 0.584. The predicted molar refractivity (Wildman–Crippen MR) is 109 cm³/mol. The monoisotopic (exact) mass is 402 g/mol. The van der Waals surface area contributed by atoms with Crippen molar-refractivity contribution in [3.8, 4) is 5.75 Å². The van der Waals surface area contributed by atoms with E-state index in [9.17, 15) is 4.79 Å². The van der Waals surface area contributed by atoms with Crippen LogP contribution in [0.1, 0.15) is 24.1 Å². The lowest BCUT2D eigenvalue weighted by Gasteiger charge is -2.30. The number of carbonyl (C=O) groups excluding carboxylic acids is 1. The molecule has 0 spiro atoms. The third-order valence-electron chi connectivity index (χ3n) is 4.19. The highest BCUT2D eigenvalue weighted by Crippen LogP contribution is 2.35. The van der Waals surface area contributed by atoms with Crippen LogP contribution in [0.3, 0.4) is 0 Å². The molecule has 27 heavy (non-hydrogen) atoms. The van der Waals surface area contributed by atoms with Gasteiger partial charge in [-0.1, -0.05) is 41.9 Å². The van der Waals surface area contributed by atoms with Crippen molar-refractivity contribution < 1.29 is 14.3 Å². The van der Waals surface area contributed by atoms with Crippen molar-refractivity contribution in [1.82, 2.24) is 10.6 Å². The minimum Gasteiger partial charge on any atom is -0.489 e.